The first-order chi connectivity index (χ1) is 10.4. The van der Waals surface area contributed by atoms with Gasteiger partial charge >= 0.3 is 0 Å². The van der Waals surface area contributed by atoms with Crippen molar-refractivity contribution in [2.75, 3.05) is 6.54 Å². The number of hydrogen-bond acceptors (Lipinski definition) is 1. The van der Waals surface area contributed by atoms with Crippen molar-refractivity contribution in [1.82, 2.24) is 5.32 Å². The molecule has 2 aliphatic rings. The Balaban J connectivity index is 1.82. The zero-order chi connectivity index (χ0) is 14.5. The van der Waals surface area contributed by atoms with Crippen LogP contribution < -0.4 is 5.32 Å². The lowest BCUT2D eigenvalue weighted by molar-refractivity contribution is 0.330. The van der Waals surface area contributed by atoms with E-state index < -0.39 is 0 Å². The predicted octanol–water partition coefficient (Wildman–Crippen LogP) is 5.19. The minimum absolute atomic E-state index is 0.584. The molecule has 0 aromatic heterocycles. The van der Waals surface area contributed by atoms with Crippen LogP contribution in [-0.2, 0) is 12.8 Å². The molecule has 1 atom stereocenters. The van der Waals surface area contributed by atoms with E-state index in [1.165, 1.54) is 64.2 Å². The molecule has 3 rings (SSSR count). The third kappa shape index (κ3) is 3.69. The summed E-state index contributed by atoms with van der Waals surface area (Å²) in [5.41, 5.74) is 4.81. The summed E-state index contributed by atoms with van der Waals surface area (Å²) < 4.78 is 0. The van der Waals surface area contributed by atoms with E-state index >= 15 is 0 Å². The minimum Gasteiger partial charge on any atom is -0.310 e. The lowest BCUT2D eigenvalue weighted by Crippen LogP contribution is -2.28. The Morgan fingerprint density at radius 1 is 0.952 bits per heavy atom. The van der Waals surface area contributed by atoms with Crippen molar-refractivity contribution in [3.05, 3.63) is 34.9 Å². The standard InChI is InChI=1S/C20H31N/c1-2-21-20(17-10-5-3-4-6-11-17)19-14-13-16-9-7-8-12-18(16)15-19/h13-15,17,20-21H,2-12H2,1H3. The van der Waals surface area contributed by atoms with Crippen LogP contribution >= 0.6 is 0 Å². The van der Waals surface area contributed by atoms with Gasteiger partial charge in [0.05, 0.1) is 0 Å². The molecule has 1 nitrogen and oxygen atoms in total. The summed E-state index contributed by atoms with van der Waals surface area (Å²) in [4.78, 5) is 0. The predicted molar refractivity (Wildman–Crippen MR) is 90.7 cm³/mol. The maximum absolute atomic E-state index is 3.80. The molecule has 1 heteroatoms. The van der Waals surface area contributed by atoms with Crippen LogP contribution in [0.1, 0.15) is 81.0 Å². The fourth-order valence-corrected chi connectivity index (χ4v) is 4.37. The van der Waals surface area contributed by atoms with Crippen LogP contribution in [0.2, 0.25) is 0 Å². The van der Waals surface area contributed by atoms with Gasteiger partial charge in [-0.1, -0.05) is 50.8 Å². The Bertz CT molecular complexity index is 443. The summed E-state index contributed by atoms with van der Waals surface area (Å²) in [6, 6.07) is 7.96. The fourth-order valence-electron chi connectivity index (χ4n) is 4.37. The van der Waals surface area contributed by atoms with Gasteiger partial charge in [-0.15, -0.1) is 0 Å². The number of hydrogen-bond donors (Lipinski definition) is 1. The molecule has 116 valence electrons. The average Bonchev–Trinajstić information content (AvgIpc) is 2.81. The van der Waals surface area contributed by atoms with Gasteiger partial charge in [0.1, 0.15) is 0 Å². The largest absolute Gasteiger partial charge is 0.310 e. The molecule has 0 amide bonds. The van der Waals surface area contributed by atoms with Gasteiger partial charge in [0.15, 0.2) is 0 Å². The Labute approximate surface area is 130 Å². The van der Waals surface area contributed by atoms with Crippen LogP contribution in [0.3, 0.4) is 0 Å². The fraction of sp³-hybridized carbons (Fsp3) is 0.700. The van der Waals surface area contributed by atoms with Gasteiger partial charge < -0.3 is 5.32 Å². The Morgan fingerprint density at radius 3 is 2.38 bits per heavy atom. The van der Waals surface area contributed by atoms with Crippen molar-refractivity contribution in [1.29, 1.82) is 0 Å². The maximum atomic E-state index is 3.80. The minimum atomic E-state index is 0.584. The molecule has 1 fully saturated rings. The third-order valence-corrected chi connectivity index (χ3v) is 5.53. The number of fused-ring (bicyclic) bond motifs is 1. The van der Waals surface area contributed by atoms with Crippen LogP contribution in [0.15, 0.2) is 18.2 Å². The van der Waals surface area contributed by atoms with Crippen LogP contribution in [0.25, 0.3) is 0 Å². The highest BCUT2D eigenvalue weighted by Crippen LogP contribution is 2.35. The molecule has 1 N–H and O–H groups in total. The van der Waals surface area contributed by atoms with Gasteiger partial charge in [0.25, 0.3) is 0 Å². The van der Waals surface area contributed by atoms with Crippen molar-refractivity contribution in [2.45, 2.75) is 77.2 Å². The molecule has 0 aliphatic heterocycles. The molecule has 0 saturated heterocycles. The van der Waals surface area contributed by atoms with E-state index in [-0.39, 0.29) is 0 Å². The molecule has 0 spiro atoms. The molecule has 1 unspecified atom stereocenters. The molecular formula is C20H31N. The topological polar surface area (TPSA) is 12.0 Å². The normalized spacial score (nSPS) is 21.6. The van der Waals surface area contributed by atoms with Gasteiger partial charge in [0, 0.05) is 6.04 Å². The molecule has 21 heavy (non-hydrogen) atoms. The summed E-state index contributed by atoms with van der Waals surface area (Å²) >= 11 is 0. The van der Waals surface area contributed by atoms with E-state index in [4.69, 9.17) is 0 Å². The van der Waals surface area contributed by atoms with Crippen molar-refractivity contribution in [3.8, 4) is 0 Å². The summed E-state index contributed by atoms with van der Waals surface area (Å²) in [5, 5.41) is 3.80. The Kier molecular flexibility index (Phi) is 5.35. The molecule has 0 radical (unpaired) electrons. The maximum Gasteiger partial charge on any atom is 0.0348 e. The van der Waals surface area contributed by atoms with Gasteiger partial charge in [-0.3, -0.25) is 0 Å². The van der Waals surface area contributed by atoms with E-state index in [9.17, 15) is 0 Å². The molecule has 2 aliphatic carbocycles. The van der Waals surface area contributed by atoms with Gasteiger partial charge in [-0.25, -0.2) is 0 Å². The summed E-state index contributed by atoms with van der Waals surface area (Å²) in [6.45, 7) is 3.33. The van der Waals surface area contributed by atoms with E-state index in [2.05, 4.69) is 30.4 Å². The van der Waals surface area contributed by atoms with Crippen LogP contribution in [-0.4, -0.2) is 6.54 Å². The Hall–Kier alpha value is -0.820. The lowest BCUT2D eigenvalue weighted by atomic mass is 9.83. The molecule has 1 aromatic rings. The highest BCUT2D eigenvalue weighted by Gasteiger charge is 2.24. The molecular weight excluding hydrogens is 254 g/mol. The second kappa shape index (κ2) is 7.45. The number of rotatable bonds is 4. The van der Waals surface area contributed by atoms with Crippen molar-refractivity contribution < 1.29 is 0 Å². The highest BCUT2D eigenvalue weighted by atomic mass is 14.9. The summed E-state index contributed by atoms with van der Waals surface area (Å²) in [6.07, 6.45) is 13.9. The van der Waals surface area contributed by atoms with E-state index in [0.29, 0.717) is 6.04 Å². The van der Waals surface area contributed by atoms with Gasteiger partial charge in [-0.05, 0) is 67.7 Å². The first kappa shape index (κ1) is 15.1. The lowest BCUT2D eigenvalue weighted by Gasteiger charge is -2.29. The monoisotopic (exact) mass is 285 g/mol. The van der Waals surface area contributed by atoms with Gasteiger partial charge in [0.2, 0.25) is 0 Å². The van der Waals surface area contributed by atoms with E-state index in [1.54, 1.807) is 16.7 Å². The summed E-state index contributed by atoms with van der Waals surface area (Å²) in [5.74, 6) is 0.842. The third-order valence-electron chi connectivity index (χ3n) is 5.53. The number of nitrogens with one attached hydrogen (secondary N) is 1. The van der Waals surface area contributed by atoms with Crippen molar-refractivity contribution >= 4 is 0 Å². The van der Waals surface area contributed by atoms with Crippen LogP contribution in [0.4, 0.5) is 0 Å². The number of benzene rings is 1. The molecule has 1 aromatic carbocycles. The number of aryl methyl sites for hydroxylation is 2. The van der Waals surface area contributed by atoms with Crippen molar-refractivity contribution in [3.63, 3.8) is 0 Å². The summed E-state index contributed by atoms with van der Waals surface area (Å²) in [7, 11) is 0. The molecule has 1 saturated carbocycles. The second-order valence-corrected chi connectivity index (χ2v) is 7.02. The van der Waals surface area contributed by atoms with Gasteiger partial charge in [-0.2, -0.15) is 0 Å². The zero-order valence-electron chi connectivity index (χ0n) is 13.7. The quantitative estimate of drug-likeness (QED) is 0.751. The Morgan fingerprint density at radius 2 is 1.67 bits per heavy atom. The van der Waals surface area contributed by atoms with Crippen LogP contribution in [0.5, 0.6) is 0 Å². The first-order valence-electron chi connectivity index (χ1n) is 9.23. The first-order valence-corrected chi connectivity index (χ1v) is 9.23. The average molecular weight is 285 g/mol. The zero-order valence-corrected chi connectivity index (χ0v) is 13.7. The SMILES string of the molecule is CCNC(c1ccc2c(c1)CCCC2)C1CCCCCC1. The second-order valence-electron chi connectivity index (χ2n) is 7.02. The van der Waals surface area contributed by atoms with Crippen molar-refractivity contribution in [2.24, 2.45) is 5.92 Å². The van der Waals surface area contributed by atoms with Crippen LogP contribution in [0, 0.1) is 5.92 Å². The smallest absolute Gasteiger partial charge is 0.0348 e. The van der Waals surface area contributed by atoms with E-state index in [1.807, 2.05) is 0 Å². The van der Waals surface area contributed by atoms with E-state index in [0.717, 1.165) is 12.5 Å². The molecule has 0 bridgehead atoms. The highest BCUT2D eigenvalue weighted by molar-refractivity contribution is 5.35. The molecule has 0 heterocycles.